The van der Waals surface area contributed by atoms with Gasteiger partial charge in [-0.05, 0) is 12.1 Å². The van der Waals surface area contributed by atoms with E-state index in [2.05, 4.69) is 19.7 Å². The highest BCUT2D eigenvalue weighted by Gasteiger charge is 2.28. The number of sulfonamides is 1. The molecule has 2 rings (SSSR count). The van der Waals surface area contributed by atoms with Gasteiger partial charge in [-0.15, -0.1) is 0 Å². The molecule has 11 nitrogen and oxygen atoms in total. The predicted octanol–water partition coefficient (Wildman–Crippen LogP) is 1.34. The molecule has 0 spiro atoms. The second-order valence-electron chi connectivity index (χ2n) is 4.95. The monoisotopic (exact) mass is 437 g/mol. The molecule has 29 heavy (non-hydrogen) atoms. The van der Waals surface area contributed by atoms with E-state index in [0.29, 0.717) is 0 Å². The van der Waals surface area contributed by atoms with E-state index in [0.717, 1.165) is 18.3 Å². The van der Waals surface area contributed by atoms with Gasteiger partial charge in [-0.25, -0.2) is 23.3 Å². The van der Waals surface area contributed by atoms with Gasteiger partial charge in [-0.3, -0.25) is 5.32 Å². The second kappa shape index (κ2) is 9.22. The third-order valence-corrected chi connectivity index (χ3v) is 4.25. The third-order valence-electron chi connectivity index (χ3n) is 2.98. The molecule has 2 aromatic rings. The number of ether oxygens (including phenoxy) is 3. The number of carbonyl (C=O) groups excluding carboxylic acids is 1. The molecule has 2 N–H and O–H groups in total. The fourth-order valence-corrected chi connectivity index (χ4v) is 2.78. The maximum Gasteiger partial charge on any atom is 0.335 e. The maximum absolute atomic E-state index is 13.1. The molecular formula is C14H14F3N5O6S. The predicted molar refractivity (Wildman–Crippen MR) is 90.2 cm³/mol. The zero-order valence-corrected chi connectivity index (χ0v) is 15.6. The largest absolute Gasteiger partial charge is 0.481 e. The van der Waals surface area contributed by atoms with Crippen LogP contribution >= 0.6 is 0 Å². The summed E-state index contributed by atoms with van der Waals surface area (Å²) in [5, 5.41) is 1.04. The number of pyridine rings is 1. The molecule has 15 heteroatoms. The molecule has 0 aliphatic carbocycles. The molecule has 0 aliphatic rings. The minimum Gasteiger partial charge on any atom is -0.481 e. The standard InChI is InChI=1S/C14H14F3N5O6S/c1-26-8-6-9(27-2)20-13(19-8)21-14(23)22-29(24,25)12-7(4-3-5-18-12)28-11(17)10(15)16/h3-6,10-11H,1-2H3,(H2,19,20,21,22,23). The van der Waals surface area contributed by atoms with E-state index >= 15 is 0 Å². The van der Waals surface area contributed by atoms with Crippen molar-refractivity contribution in [3.8, 4) is 17.5 Å². The average molecular weight is 437 g/mol. The van der Waals surface area contributed by atoms with E-state index in [-0.39, 0.29) is 17.7 Å². The SMILES string of the molecule is COc1cc(OC)nc(NC(=O)NS(=O)(=O)c2ncccc2OC(F)C(F)F)n1. The van der Waals surface area contributed by atoms with Gasteiger partial charge in [-0.1, -0.05) is 0 Å². The normalized spacial score (nSPS) is 12.2. The van der Waals surface area contributed by atoms with Crippen LogP contribution in [0, 0.1) is 0 Å². The molecule has 2 heterocycles. The molecule has 1 atom stereocenters. The summed E-state index contributed by atoms with van der Waals surface area (Å²) in [4.78, 5) is 23.0. The highest BCUT2D eigenvalue weighted by atomic mass is 32.2. The van der Waals surface area contributed by atoms with Gasteiger partial charge in [0, 0.05) is 6.20 Å². The van der Waals surface area contributed by atoms with Crippen molar-refractivity contribution in [2.75, 3.05) is 19.5 Å². The van der Waals surface area contributed by atoms with Gasteiger partial charge >= 0.3 is 12.5 Å². The number of carbonyl (C=O) groups is 1. The van der Waals surface area contributed by atoms with Crippen molar-refractivity contribution >= 4 is 22.0 Å². The topological polar surface area (TPSA) is 142 Å². The Morgan fingerprint density at radius 1 is 1.14 bits per heavy atom. The minimum atomic E-state index is -4.74. The van der Waals surface area contributed by atoms with Crippen LogP contribution in [0.4, 0.5) is 23.9 Å². The Balaban J connectivity index is 2.21. The highest BCUT2D eigenvalue weighted by Crippen LogP contribution is 2.24. The Morgan fingerprint density at radius 3 is 2.31 bits per heavy atom. The quantitative estimate of drug-likeness (QED) is 0.626. The number of aromatic nitrogens is 3. The molecule has 158 valence electrons. The Hall–Kier alpha value is -3.36. The summed E-state index contributed by atoms with van der Waals surface area (Å²) in [6, 6.07) is 1.99. The lowest BCUT2D eigenvalue weighted by Gasteiger charge is -2.14. The van der Waals surface area contributed by atoms with Gasteiger partial charge in [0.05, 0.1) is 20.3 Å². The van der Waals surface area contributed by atoms with Gasteiger partial charge < -0.3 is 14.2 Å². The van der Waals surface area contributed by atoms with Gasteiger partial charge in [0.25, 0.3) is 16.4 Å². The number of methoxy groups -OCH3 is 2. The molecular weight excluding hydrogens is 423 g/mol. The smallest absolute Gasteiger partial charge is 0.335 e. The first-order valence-electron chi connectivity index (χ1n) is 7.51. The molecule has 2 aromatic heterocycles. The van der Waals surface area contributed by atoms with Crippen LogP contribution in [0.1, 0.15) is 0 Å². The zero-order chi connectivity index (χ0) is 21.6. The van der Waals surface area contributed by atoms with E-state index in [4.69, 9.17) is 9.47 Å². The van der Waals surface area contributed by atoms with E-state index < -0.39 is 39.6 Å². The average Bonchev–Trinajstić information content (AvgIpc) is 2.67. The number of alkyl halides is 3. The first-order chi connectivity index (χ1) is 13.7. The summed E-state index contributed by atoms with van der Waals surface area (Å²) in [7, 11) is -2.16. The fraction of sp³-hybridized carbons (Fsp3) is 0.286. The molecule has 0 bridgehead atoms. The molecule has 2 amide bonds. The van der Waals surface area contributed by atoms with Gasteiger partial charge in [0.15, 0.2) is 5.75 Å². The number of anilines is 1. The first-order valence-corrected chi connectivity index (χ1v) is 8.99. The molecule has 0 fully saturated rings. The number of nitrogens with zero attached hydrogens (tertiary/aromatic N) is 3. The minimum absolute atomic E-state index is 0.0106. The van der Waals surface area contributed by atoms with Crippen LogP contribution < -0.4 is 24.2 Å². The number of urea groups is 1. The van der Waals surface area contributed by atoms with Crippen molar-refractivity contribution in [3.63, 3.8) is 0 Å². The summed E-state index contributed by atoms with van der Waals surface area (Å²) in [6.07, 6.45) is -5.65. The Morgan fingerprint density at radius 2 is 1.76 bits per heavy atom. The van der Waals surface area contributed by atoms with Crippen LogP contribution in [0.15, 0.2) is 29.4 Å². The number of amides is 2. The molecule has 0 aromatic carbocycles. The Labute approximate surface area is 162 Å². The Bertz CT molecular complexity index is 956. The van der Waals surface area contributed by atoms with Gasteiger partial charge in [-0.2, -0.15) is 22.8 Å². The van der Waals surface area contributed by atoms with E-state index in [1.165, 1.54) is 20.3 Å². The summed E-state index contributed by atoms with van der Waals surface area (Å²) >= 11 is 0. The molecule has 1 unspecified atom stereocenters. The van der Waals surface area contributed by atoms with E-state index in [9.17, 15) is 26.4 Å². The summed E-state index contributed by atoms with van der Waals surface area (Å²) in [5.74, 6) is -1.17. The van der Waals surface area contributed by atoms with Crippen molar-refractivity contribution in [2.45, 2.75) is 17.8 Å². The van der Waals surface area contributed by atoms with Gasteiger partial charge in [0.2, 0.25) is 22.7 Å². The number of rotatable bonds is 8. The number of halogens is 3. The Kier molecular flexibility index (Phi) is 6.98. The highest BCUT2D eigenvalue weighted by molar-refractivity contribution is 7.90. The molecule has 0 saturated heterocycles. The van der Waals surface area contributed by atoms with Gasteiger partial charge in [0.1, 0.15) is 0 Å². The van der Waals surface area contributed by atoms with Crippen LogP contribution in [-0.4, -0.2) is 56.4 Å². The van der Waals surface area contributed by atoms with Crippen LogP contribution in [0.25, 0.3) is 0 Å². The van der Waals surface area contributed by atoms with Crippen LogP contribution in [-0.2, 0) is 10.0 Å². The molecule has 0 aliphatic heterocycles. The first kappa shape index (κ1) is 21.9. The zero-order valence-electron chi connectivity index (χ0n) is 14.8. The van der Waals surface area contributed by atoms with Crippen molar-refractivity contribution in [3.05, 3.63) is 24.4 Å². The number of hydrogen-bond donors (Lipinski definition) is 2. The summed E-state index contributed by atoms with van der Waals surface area (Å²) in [6.45, 7) is 0. The fourth-order valence-electron chi connectivity index (χ4n) is 1.81. The lowest BCUT2D eigenvalue weighted by Crippen LogP contribution is -2.35. The van der Waals surface area contributed by atoms with Crippen LogP contribution in [0.2, 0.25) is 0 Å². The molecule has 0 radical (unpaired) electrons. The van der Waals surface area contributed by atoms with E-state index in [1.807, 2.05) is 5.32 Å². The lowest BCUT2D eigenvalue weighted by molar-refractivity contribution is -0.0685. The maximum atomic E-state index is 13.1. The van der Waals surface area contributed by atoms with Crippen molar-refractivity contribution in [1.82, 2.24) is 19.7 Å². The third kappa shape index (κ3) is 5.81. The number of nitrogens with one attached hydrogen (secondary N) is 2. The van der Waals surface area contributed by atoms with Crippen LogP contribution in [0.3, 0.4) is 0 Å². The summed E-state index contributed by atoms with van der Waals surface area (Å²) < 4.78 is 78.0. The molecule has 0 saturated carbocycles. The van der Waals surface area contributed by atoms with Crippen molar-refractivity contribution < 1.29 is 40.6 Å². The number of hydrogen-bond acceptors (Lipinski definition) is 9. The van der Waals surface area contributed by atoms with Crippen molar-refractivity contribution in [2.24, 2.45) is 0 Å². The van der Waals surface area contributed by atoms with Crippen LogP contribution in [0.5, 0.6) is 17.5 Å². The van der Waals surface area contributed by atoms with E-state index in [1.54, 1.807) is 4.72 Å². The van der Waals surface area contributed by atoms with Crippen molar-refractivity contribution in [1.29, 1.82) is 0 Å². The summed E-state index contributed by atoms with van der Waals surface area (Å²) in [5.41, 5.74) is 0. The lowest BCUT2D eigenvalue weighted by atomic mass is 10.4. The second-order valence-corrected chi connectivity index (χ2v) is 6.54.